The molecule has 5 nitrogen and oxygen atoms in total. The number of esters is 1. The van der Waals surface area contributed by atoms with Crippen LogP contribution in [0, 0.1) is 0 Å². The Morgan fingerprint density at radius 2 is 2.06 bits per heavy atom. The molecule has 1 heterocycles. The van der Waals surface area contributed by atoms with Crippen molar-refractivity contribution in [2.45, 2.75) is 25.7 Å². The number of hydrogen-bond donors (Lipinski definition) is 2. The summed E-state index contributed by atoms with van der Waals surface area (Å²) in [5.41, 5.74) is -0.202. The summed E-state index contributed by atoms with van der Waals surface area (Å²) in [6.07, 6.45) is 0.116. The van der Waals surface area contributed by atoms with E-state index in [2.05, 4.69) is 0 Å². The summed E-state index contributed by atoms with van der Waals surface area (Å²) in [5.74, 6) is -1.68. The van der Waals surface area contributed by atoms with Gasteiger partial charge < -0.3 is 14.9 Å². The third-order valence-electron chi connectivity index (χ3n) is 2.80. The lowest BCUT2D eigenvalue weighted by atomic mass is 9.77. The minimum absolute atomic E-state index is 0.0301. The Bertz CT molecular complexity index is 516. The fourth-order valence-corrected chi connectivity index (χ4v) is 2.16. The predicted octanol–water partition coefficient (Wildman–Crippen LogP) is 1.68. The topological polar surface area (TPSA) is 83.8 Å². The fraction of sp³-hybridized carbons (Fsp3) is 0.333. The molecule has 0 bridgehead atoms. The maximum Gasteiger partial charge on any atom is 0.336 e. The second kappa shape index (κ2) is 3.48. The lowest BCUT2D eigenvalue weighted by Gasteiger charge is -2.32. The second-order valence-corrected chi connectivity index (χ2v) is 4.71. The summed E-state index contributed by atoms with van der Waals surface area (Å²) in [5, 5.41) is 18.5. The molecule has 1 aliphatic rings. The zero-order valence-corrected chi connectivity index (χ0v) is 9.48. The Kier molecular flexibility index (Phi) is 2.34. The van der Waals surface area contributed by atoms with Crippen LogP contribution in [0.3, 0.4) is 0 Å². The van der Waals surface area contributed by atoms with E-state index in [9.17, 15) is 14.7 Å². The molecule has 0 saturated heterocycles. The average molecular weight is 236 g/mol. The Morgan fingerprint density at radius 3 is 2.65 bits per heavy atom. The molecule has 0 amide bonds. The lowest BCUT2D eigenvalue weighted by Crippen LogP contribution is -2.32. The van der Waals surface area contributed by atoms with Crippen LogP contribution in [0.25, 0.3) is 0 Å². The zero-order chi connectivity index (χ0) is 12.8. The van der Waals surface area contributed by atoms with Crippen LogP contribution in [0.2, 0.25) is 0 Å². The predicted molar refractivity (Wildman–Crippen MR) is 58.3 cm³/mol. The highest BCUT2D eigenvalue weighted by atomic mass is 16.5. The summed E-state index contributed by atoms with van der Waals surface area (Å²) in [6.45, 7) is 3.55. The Labute approximate surface area is 97.6 Å². The standard InChI is InChI=1S/C12H12O5/c1-12(2)5-9(14)17-8-4-6(13)3-7(10(8)12)11(15)16/h3-4,13H,5H2,1-2H3,(H,15,16). The number of carboxylic acid groups (broad SMARTS) is 1. The molecule has 1 aromatic carbocycles. The van der Waals surface area contributed by atoms with Crippen molar-refractivity contribution in [1.82, 2.24) is 0 Å². The number of aromatic carboxylic acids is 1. The molecule has 1 aliphatic heterocycles. The summed E-state index contributed by atoms with van der Waals surface area (Å²) >= 11 is 0. The van der Waals surface area contributed by atoms with Crippen LogP contribution >= 0.6 is 0 Å². The molecule has 0 aromatic heterocycles. The average Bonchev–Trinajstić information content (AvgIpc) is 2.13. The van der Waals surface area contributed by atoms with Gasteiger partial charge in [0.25, 0.3) is 0 Å². The maximum atomic E-state index is 11.4. The van der Waals surface area contributed by atoms with Gasteiger partial charge in [-0.2, -0.15) is 0 Å². The highest BCUT2D eigenvalue weighted by Gasteiger charge is 2.37. The minimum atomic E-state index is -1.15. The minimum Gasteiger partial charge on any atom is -0.508 e. The smallest absolute Gasteiger partial charge is 0.336 e. The third-order valence-corrected chi connectivity index (χ3v) is 2.80. The van der Waals surface area contributed by atoms with Crippen LogP contribution in [0.1, 0.15) is 36.2 Å². The van der Waals surface area contributed by atoms with Gasteiger partial charge in [-0.05, 0) is 6.07 Å². The van der Waals surface area contributed by atoms with Gasteiger partial charge in [-0.3, -0.25) is 4.79 Å². The number of fused-ring (bicyclic) bond motifs is 1. The van der Waals surface area contributed by atoms with E-state index in [-0.39, 0.29) is 23.5 Å². The van der Waals surface area contributed by atoms with Gasteiger partial charge in [0.15, 0.2) is 0 Å². The van der Waals surface area contributed by atoms with E-state index in [1.165, 1.54) is 12.1 Å². The van der Waals surface area contributed by atoms with Crippen molar-refractivity contribution in [2.24, 2.45) is 0 Å². The number of carboxylic acids is 1. The van der Waals surface area contributed by atoms with Crippen LogP contribution < -0.4 is 4.74 Å². The summed E-state index contributed by atoms with van der Waals surface area (Å²) in [7, 11) is 0. The first-order valence-electron chi connectivity index (χ1n) is 5.13. The monoisotopic (exact) mass is 236 g/mol. The highest BCUT2D eigenvalue weighted by Crippen LogP contribution is 2.42. The zero-order valence-electron chi connectivity index (χ0n) is 9.48. The lowest BCUT2D eigenvalue weighted by molar-refractivity contribution is -0.137. The maximum absolute atomic E-state index is 11.4. The Morgan fingerprint density at radius 1 is 1.41 bits per heavy atom. The van der Waals surface area contributed by atoms with E-state index >= 15 is 0 Å². The van der Waals surface area contributed by atoms with Gasteiger partial charge in [0.05, 0.1) is 12.0 Å². The molecule has 0 radical (unpaired) electrons. The number of carbonyl (C=O) groups excluding carboxylic acids is 1. The van der Waals surface area contributed by atoms with Crippen molar-refractivity contribution in [3.05, 3.63) is 23.3 Å². The summed E-state index contributed by atoms with van der Waals surface area (Å²) in [6, 6.07) is 2.43. The second-order valence-electron chi connectivity index (χ2n) is 4.71. The number of phenolic OH excluding ortho intramolecular Hbond substituents is 1. The van der Waals surface area contributed by atoms with E-state index in [4.69, 9.17) is 9.84 Å². The molecule has 17 heavy (non-hydrogen) atoms. The molecule has 0 fully saturated rings. The van der Waals surface area contributed by atoms with E-state index in [0.717, 1.165) is 0 Å². The molecule has 0 atom stereocenters. The number of hydrogen-bond acceptors (Lipinski definition) is 4. The molecular formula is C12H12O5. The van der Waals surface area contributed by atoms with E-state index in [0.29, 0.717) is 5.56 Å². The highest BCUT2D eigenvalue weighted by molar-refractivity contribution is 5.93. The van der Waals surface area contributed by atoms with Crippen molar-refractivity contribution in [1.29, 1.82) is 0 Å². The molecule has 1 aromatic rings. The first kappa shape index (κ1) is 11.4. The van der Waals surface area contributed by atoms with E-state index < -0.39 is 17.4 Å². The molecule has 0 saturated carbocycles. The first-order chi connectivity index (χ1) is 7.81. The molecule has 90 valence electrons. The SMILES string of the molecule is CC1(C)CC(=O)Oc2cc(O)cc(C(=O)O)c21. The molecule has 2 rings (SSSR count). The number of aromatic hydroxyl groups is 1. The van der Waals surface area contributed by atoms with Crippen LogP contribution in [0.15, 0.2) is 12.1 Å². The van der Waals surface area contributed by atoms with Gasteiger partial charge in [0.2, 0.25) is 0 Å². The molecular weight excluding hydrogens is 224 g/mol. The van der Waals surface area contributed by atoms with Gasteiger partial charge in [-0.25, -0.2) is 4.79 Å². The van der Waals surface area contributed by atoms with Gasteiger partial charge in [-0.1, -0.05) is 13.8 Å². The number of benzene rings is 1. The molecule has 0 aliphatic carbocycles. The molecule has 2 N–H and O–H groups in total. The van der Waals surface area contributed by atoms with Crippen molar-refractivity contribution in [3.8, 4) is 11.5 Å². The summed E-state index contributed by atoms with van der Waals surface area (Å²) < 4.78 is 4.98. The third kappa shape index (κ3) is 1.84. The van der Waals surface area contributed by atoms with Crippen LogP contribution in [-0.4, -0.2) is 22.2 Å². The van der Waals surface area contributed by atoms with Crippen molar-refractivity contribution < 1.29 is 24.5 Å². The first-order valence-corrected chi connectivity index (χ1v) is 5.13. The van der Waals surface area contributed by atoms with E-state index in [1.807, 2.05) is 0 Å². The van der Waals surface area contributed by atoms with Gasteiger partial charge in [0, 0.05) is 17.0 Å². The number of ether oxygens (including phenoxy) is 1. The van der Waals surface area contributed by atoms with Gasteiger partial charge >= 0.3 is 11.9 Å². The van der Waals surface area contributed by atoms with E-state index in [1.54, 1.807) is 13.8 Å². The quantitative estimate of drug-likeness (QED) is 0.572. The van der Waals surface area contributed by atoms with Crippen molar-refractivity contribution in [2.75, 3.05) is 0 Å². The normalized spacial score (nSPS) is 17.2. The van der Waals surface area contributed by atoms with Crippen molar-refractivity contribution in [3.63, 3.8) is 0 Å². The van der Waals surface area contributed by atoms with Crippen LogP contribution in [-0.2, 0) is 10.2 Å². The number of rotatable bonds is 1. The fourth-order valence-electron chi connectivity index (χ4n) is 2.16. The molecule has 5 heteroatoms. The van der Waals surface area contributed by atoms with Crippen LogP contribution in [0.4, 0.5) is 0 Å². The largest absolute Gasteiger partial charge is 0.508 e. The van der Waals surface area contributed by atoms with Crippen LogP contribution in [0.5, 0.6) is 11.5 Å². The van der Waals surface area contributed by atoms with Crippen molar-refractivity contribution >= 4 is 11.9 Å². The summed E-state index contributed by atoms with van der Waals surface area (Å²) in [4.78, 5) is 22.5. The number of phenols is 1. The van der Waals surface area contributed by atoms with Gasteiger partial charge in [0.1, 0.15) is 11.5 Å². The molecule has 0 unspecified atom stereocenters. The Hall–Kier alpha value is -2.04. The van der Waals surface area contributed by atoms with Gasteiger partial charge in [-0.15, -0.1) is 0 Å². The Balaban J connectivity index is 2.74. The number of carbonyl (C=O) groups is 2. The molecule has 0 spiro atoms.